The summed E-state index contributed by atoms with van der Waals surface area (Å²) >= 11 is 0. The van der Waals surface area contributed by atoms with Gasteiger partial charge in [0.05, 0.1) is 0 Å². The molecule has 0 bridgehead atoms. The Morgan fingerprint density at radius 3 is 2.46 bits per heavy atom. The lowest BCUT2D eigenvalue weighted by molar-refractivity contribution is -0.148. The van der Waals surface area contributed by atoms with Crippen LogP contribution < -0.4 is 5.32 Å². The molecule has 2 rings (SSSR count). The first-order valence-electron chi connectivity index (χ1n) is 8.89. The summed E-state index contributed by atoms with van der Waals surface area (Å²) in [7, 11) is 0. The monoisotopic (exact) mass is 357 g/mol. The number of nitrogens with one attached hydrogen (secondary N) is 1. The van der Waals surface area contributed by atoms with Crippen molar-refractivity contribution in [2.45, 2.75) is 52.2 Å². The van der Waals surface area contributed by atoms with Gasteiger partial charge in [0.15, 0.2) is 0 Å². The third kappa shape index (κ3) is 6.39. The Balaban J connectivity index is 1.75. The maximum atomic E-state index is 12.0. The van der Waals surface area contributed by atoms with E-state index in [2.05, 4.69) is 5.32 Å². The van der Waals surface area contributed by atoms with Crippen LogP contribution in [0.2, 0.25) is 0 Å². The van der Waals surface area contributed by atoms with Gasteiger partial charge in [-0.25, -0.2) is 4.79 Å². The predicted octanol–water partition coefficient (Wildman–Crippen LogP) is 4.75. The zero-order valence-corrected chi connectivity index (χ0v) is 15.9. The quantitative estimate of drug-likeness (QED) is 0.598. The number of amides is 1. The fraction of sp³-hybridized carbons (Fsp3) is 0.429. The molecule has 0 spiro atoms. The average molecular weight is 357 g/mol. The van der Waals surface area contributed by atoms with E-state index >= 15 is 0 Å². The molecule has 0 heterocycles. The molecule has 2 aromatic carbocycles. The minimum absolute atomic E-state index is 0.244. The highest BCUT2D eigenvalue weighted by molar-refractivity contribution is 5.83. The average Bonchev–Trinajstić information content (AvgIpc) is 2.56. The van der Waals surface area contributed by atoms with Gasteiger partial charge in [0, 0.05) is 13.0 Å². The molecular weight excluding hydrogens is 330 g/mol. The highest BCUT2D eigenvalue weighted by Crippen LogP contribution is 2.23. The van der Waals surface area contributed by atoms with Crippen molar-refractivity contribution in [3.8, 4) is 0 Å². The lowest BCUT2D eigenvalue weighted by Crippen LogP contribution is -2.33. The van der Waals surface area contributed by atoms with Crippen LogP contribution in [0.15, 0.2) is 42.5 Å². The fourth-order valence-corrected chi connectivity index (χ4v) is 2.52. The number of hydrogen-bond acceptors (Lipinski definition) is 4. The van der Waals surface area contributed by atoms with Crippen LogP contribution in [0.1, 0.15) is 52.2 Å². The Morgan fingerprint density at radius 1 is 1.08 bits per heavy atom. The van der Waals surface area contributed by atoms with Crippen molar-refractivity contribution in [2.75, 3.05) is 6.54 Å². The molecule has 5 nitrogen and oxygen atoms in total. The normalized spacial score (nSPS) is 12.5. The minimum Gasteiger partial charge on any atom is -0.458 e. The molecule has 0 aromatic heterocycles. The first kappa shape index (κ1) is 19.8. The van der Waals surface area contributed by atoms with Gasteiger partial charge in [0.1, 0.15) is 11.7 Å². The van der Waals surface area contributed by atoms with Gasteiger partial charge in [-0.3, -0.25) is 4.79 Å². The highest BCUT2D eigenvalue weighted by atomic mass is 16.6. The minimum atomic E-state index is -0.529. The molecule has 1 amide bonds. The highest BCUT2D eigenvalue weighted by Gasteiger charge is 2.16. The SMILES string of the molecule is CC(OC(=O)CCCNC(=O)OC(C)(C)C)c1ccc2ccccc2c1. The van der Waals surface area contributed by atoms with Gasteiger partial charge in [0.2, 0.25) is 0 Å². The summed E-state index contributed by atoms with van der Waals surface area (Å²) in [4.78, 5) is 23.5. The van der Waals surface area contributed by atoms with Crippen LogP contribution in [0.5, 0.6) is 0 Å². The first-order chi connectivity index (χ1) is 12.2. The van der Waals surface area contributed by atoms with Crippen molar-refractivity contribution in [3.05, 3.63) is 48.0 Å². The van der Waals surface area contributed by atoms with Crippen molar-refractivity contribution in [1.29, 1.82) is 0 Å². The lowest BCUT2D eigenvalue weighted by atomic mass is 10.0. The number of alkyl carbamates (subject to hydrolysis) is 1. The topological polar surface area (TPSA) is 64.6 Å². The van der Waals surface area contributed by atoms with Gasteiger partial charge in [-0.05, 0) is 56.5 Å². The molecule has 2 aromatic rings. The number of hydrogen-bond donors (Lipinski definition) is 1. The van der Waals surface area contributed by atoms with Crippen LogP contribution in [0.25, 0.3) is 10.8 Å². The number of ether oxygens (including phenoxy) is 2. The molecule has 0 aliphatic rings. The second kappa shape index (κ2) is 8.70. The predicted molar refractivity (Wildman–Crippen MR) is 102 cm³/mol. The molecule has 0 saturated carbocycles. The molecule has 0 aliphatic heterocycles. The van der Waals surface area contributed by atoms with Crippen LogP contribution in [0, 0.1) is 0 Å². The fourth-order valence-electron chi connectivity index (χ4n) is 2.52. The smallest absolute Gasteiger partial charge is 0.407 e. The number of fused-ring (bicyclic) bond motifs is 1. The van der Waals surface area contributed by atoms with E-state index in [0.29, 0.717) is 13.0 Å². The van der Waals surface area contributed by atoms with E-state index in [0.717, 1.165) is 16.3 Å². The molecule has 0 fully saturated rings. The third-order valence-corrected chi connectivity index (χ3v) is 3.78. The van der Waals surface area contributed by atoms with Crippen LogP contribution in [0.4, 0.5) is 4.79 Å². The summed E-state index contributed by atoms with van der Waals surface area (Å²) < 4.78 is 10.6. The van der Waals surface area contributed by atoms with Gasteiger partial charge < -0.3 is 14.8 Å². The zero-order chi connectivity index (χ0) is 19.2. The number of carbonyl (C=O) groups excluding carboxylic acids is 2. The summed E-state index contributed by atoms with van der Waals surface area (Å²) in [6.07, 6.45) is -0.0442. The van der Waals surface area contributed by atoms with Crippen LogP contribution in [-0.2, 0) is 14.3 Å². The van der Waals surface area contributed by atoms with Crippen molar-refractivity contribution in [1.82, 2.24) is 5.32 Å². The van der Waals surface area contributed by atoms with Gasteiger partial charge in [-0.2, -0.15) is 0 Å². The van der Waals surface area contributed by atoms with E-state index in [1.165, 1.54) is 0 Å². The third-order valence-electron chi connectivity index (χ3n) is 3.78. The second-order valence-corrected chi connectivity index (χ2v) is 7.27. The van der Waals surface area contributed by atoms with E-state index < -0.39 is 11.7 Å². The van der Waals surface area contributed by atoms with E-state index in [1.54, 1.807) is 20.8 Å². The van der Waals surface area contributed by atoms with E-state index in [-0.39, 0.29) is 18.5 Å². The van der Waals surface area contributed by atoms with Gasteiger partial charge in [0.25, 0.3) is 0 Å². The molecule has 1 N–H and O–H groups in total. The van der Waals surface area contributed by atoms with Crippen LogP contribution in [-0.4, -0.2) is 24.2 Å². The molecule has 26 heavy (non-hydrogen) atoms. The number of rotatable bonds is 6. The molecule has 1 atom stereocenters. The summed E-state index contributed by atoms with van der Waals surface area (Å²) in [6, 6.07) is 14.1. The zero-order valence-electron chi connectivity index (χ0n) is 15.9. The Kier molecular flexibility index (Phi) is 6.61. The van der Waals surface area contributed by atoms with E-state index in [9.17, 15) is 9.59 Å². The number of carbonyl (C=O) groups is 2. The van der Waals surface area contributed by atoms with Gasteiger partial charge in [-0.1, -0.05) is 36.4 Å². The van der Waals surface area contributed by atoms with Gasteiger partial charge in [-0.15, -0.1) is 0 Å². The summed E-state index contributed by atoms with van der Waals surface area (Å²) in [5.74, 6) is -0.281. The Bertz CT molecular complexity index is 764. The standard InChI is InChI=1S/C21H27NO4/c1-15(17-12-11-16-8-5-6-9-18(16)14-17)25-19(23)10-7-13-22-20(24)26-21(2,3)4/h5-6,8-9,11-12,14-15H,7,10,13H2,1-4H3,(H,22,24). The maximum absolute atomic E-state index is 12.0. The molecule has 0 radical (unpaired) electrons. The first-order valence-corrected chi connectivity index (χ1v) is 8.89. The number of benzene rings is 2. The van der Waals surface area contributed by atoms with Crippen LogP contribution >= 0.6 is 0 Å². The summed E-state index contributed by atoms with van der Waals surface area (Å²) in [5, 5.41) is 4.91. The Hall–Kier alpha value is -2.56. The molecule has 5 heteroatoms. The van der Waals surface area contributed by atoms with Crippen LogP contribution in [0.3, 0.4) is 0 Å². The maximum Gasteiger partial charge on any atom is 0.407 e. The summed E-state index contributed by atoms with van der Waals surface area (Å²) in [5.41, 5.74) is 0.433. The summed E-state index contributed by atoms with van der Waals surface area (Å²) in [6.45, 7) is 7.64. The lowest BCUT2D eigenvalue weighted by Gasteiger charge is -2.19. The molecular formula is C21H27NO4. The molecule has 140 valence electrons. The second-order valence-electron chi connectivity index (χ2n) is 7.27. The molecule has 1 unspecified atom stereocenters. The van der Waals surface area contributed by atoms with Crippen molar-refractivity contribution in [2.24, 2.45) is 0 Å². The largest absolute Gasteiger partial charge is 0.458 e. The molecule has 0 saturated heterocycles. The van der Waals surface area contributed by atoms with Crippen molar-refractivity contribution in [3.63, 3.8) is 0 Å². The molecule has 0 aliphatic carbocycles. The number of esters is 1. The van der Waals surface area contributed by atoms with E-state index in [4.69, 9.17) is 9.47 Å². The van der Waals surface area contributed by atoms with Crippen molar-refractivity contribution >= 4 is 22.8 Å². The Labute approximate surface area is 154 Å². The van der Waals surface area contributed by atoms with Crippen molar-refractivity contribution < 1.29 is 19.1 Å². The van der Waals surface area contributed by atoms with E-state index in [1.807, 2.05) is 49.4 Å². The Morgan fingerprint density at radius 2 is 1.77 bits per heavy atom. The van der Waals surface area contributed by atoms with Gasteiger partial charge >= 0.3 is 12.1 Å².